The highest BCUT2D eigenvalue weighted by atomic mass is 16.5. The highest BCUT2D eigenvalue weighted by Gasteiger charge is 2.48. The van der Waals surface area contributed by atoms with Gasteiger partial charge in [-0.25, -0.2) is 0 Å². The molecule has 1 saturated carbocycles. The van der Waals surface area contributed by atoms with Crippen molar-refractivity contribution in [1.29, 1.82) is 0 Å². The normalized spacial score (nSPS) is 19.4. The summed E-state index contributed by atoms with van der Waals surface area (Å²) in [5, 5.41) is 2.91. The van der Waals surface area contributed by atoms with Gasteiger partial charge in [-0.15, -0.1) is 0 Å². The first kappa shape index (κ1) is 12.3. The fourth-order valence-electron chi connectivity index (χ4n) is 2.18. The van der Waals surface area contributed by atoms with E-state index in [2.05, 4.69) is 5.32 Å². The van der Waals surface area contributed by atoms with Crippen LogP contribution in [0.15, 0.2) is 18.2 Å². The van der Waals surface area contributed by atoms with Crippen LogP contribution < -0.4 is 20.5 Å². The zero-order valence-corrected chi connectivity index (χ0v) is 10.8. The van der Waals surface area contributed by atoms with Crippen LogP contribution in [0.1, 0.15) is 19.3 Å². The molecule has 1 aromatic carbocycles. The molecule has 3 rings (SSSR count). The van der Waals surface area contributed by atoms with Crippen LogP contribution in [0.3, 0.4) is 0 Å². The van der Waals surface area contributed by atoms with Gasteiger partial charge in [0.05, 0.1) is 18.6 Å². The molecule has 0 unspecified atom stereocenters. The minimum absolute atomic E-state index is 0.00416. The first-order valence-corrected chi connectivity index (χ1v) is 6.65. The quantitative estimate of drug-likeness (QED) is 0.866. The molecular weight excluding hydrogens is 244 g/mol. The van der Waals surface area contributed by atoms with E-state index in [9.17, 15) is 4.79 Å². The molecule has 0 atom stereocenters. The maximum Gasteiger partial charge on any atom is 0.231 e. The predicted molar refractivity (Wildman–Crippen MR) is 71.4 cm³/mol. The Bertz CT molecular complexity index is 497. The van der Waals surface area contributed by atoms with Crippen molar-refractivity contribution in [3.63, 3.8) is 0 Å². The maximum absolute atomic E-state index is 12.1. The van der Waals surface area contributed by atoms with Crippen molar-refractivity contribution in [2.45, 2.75) is 19.3 Å². The van der Waals surface area contributed by atoms with Crippen LogP contribution in [-0.4, -0.2) is 25.7 Å². The molecule has 0 aromatic heterocycles. The highest BCUT2D eigenvalue weighted by Crippen LogP contribution is 2.45. The van der Waals surface area contributed by atoms with Crippen LogP contribution >= 0.6 is 0 Å². The second-order valence-corrected chi connectivity index (χ2v) is 5.15. The van der Waals surface area contributed by atoms with Gasteiger partial charge in [0.15, 0.2) is 11.5 Å². The summed E-state index contributed by atoms with van der Waals surface area (Å²) in [6, 6.07) is 5.47. The summed E-state index contributed by atoms with van der Waals surface area (Å²) in [5.74, 6) is 1.42. The Kier molecular flexibility index (Phi) is 3.06. The van der Waals surface area contributed by atoms with Crippen LogP contribution in [0, 0.1) is 5.41 Å². The molecule has 3 N–H and O–H groups in total. The first-order valence-electron chi connectivity index (χ1n) is 6.65. The van der Waals surface area contributed by atoms with Gasteiger partial charge in [0.2, 0.25) is 5.91 Å². The Hall–Kier alpha value is -1.75. The standard InChI is InChI=1S/C14H18N2O3/c15-9-14(4-5-14)13(17)16-10-2-3-11-12(8-10)19-7-1-6-18-11/h2-3,8H,1,4-7,9,15H2,(H,16,17). The molecule has 1 aliphatic heterocycles. The molecule has 0 radical (unpaired) electrons. The van der Waals surface area contributed by atoms with Crippen LogP contribution in [0.5, 0.6) is 11.5 Å². The van der Waals surface area contributed by atoms with E-state index in [1.165, 1.54) is 0 Å². The molecule has 0 bridgehead atoms. The monoisotopic (exact) mass is 262 g/mol. The molecule has 1 aliphatic carbocycles. The second-order valence-electron chi connectivity index (χ2n) is 5.15. The van der Waals surface area contributed by atoms with E-state index < -0.39 is 0 Å². The van der Waals surface area contributed by atoms with Gasteiger partial charge >= 0.3 is 0 Å². The number of fused-ring (bicyclic) bond motifs is 1. The minimum Gasteiger partial charge on any atom is -0.490 e. The molecule has 1 aromatic rings. The van der Waals surface area contributed by atoms with Crippen molar-refractivity contribution in [3.05, 3.63) is 18.2 Å². The summed E-state index contributed by atoms with van der Waals surface area (Å²) in [4.78, 5) is 12.1. The van der Waals surface area contributed by atoms with Crippen molar-refractivity contribution >= 4 is 11.6 Å². The smallest absolute Gasteiger partial charge is 0.231 e. The maximum atomic E-state index is 12.1. The summed E-state index contributed by atoms with van der Waals surface area (Å²) in [6.07, 6.45) is 2.62. The zero-order chi connectivity index (χ0) is 13.3. The van der Waals surface area contributed by atoms with E-state index in [4.69, 9.17) is 15.2 Å². The van der Waals surface area contributed by atoms with Crippen LogP contribution in [0.25, 0.3) is 0 Å². The molecule has 0 saturated heterocycles. The predicted octanol–water partition coefficient (Wildman–Crippen LogP) is 1.53. The first-order chi connectivity index (χ1) is 9.23. The van der Waals surface area contributed by atoms with Crippen molar-refractivity contribution in [2.75, 3.05) is 25.1 Å². The zero-order valence-electron chi connectivity index (χ0n) is 10.8. The summed E-state index contributed by atoms with van der Waals surface area (Å²) < 4.78 is 11.1. The molecular formula is C14H18N2O3. The molecule has 1 amide bonds. The lowest BCUT2D eigenvalue weighted by molar-refractivity contribution is -0.120. The lowest BCUT2D eigenvalue weighted by Crippen LogP contribution is -2.30. The average Bonchev–Trinajstić information content (AvgIpc) is 3.23. The number of hydrogen-bond donors (Lipinski definition) is 2. The van der Waals surface area contributed by atoms with E-state index in [1.807, 2.05) is 18.2 Å². The molecule has 1 fully saturated rings. The number of anilines is 1. The van der Waals surface area contributed by atoms with Crippen molar-refractivity contribution in [3.8, 4) is 11.5 Å². The van der Waals surface area contributed by atoms with Crippen LogP contribution in [0.2, 0.25) is 0 Å². The fraction of sp³-hybridized carbons (Fsp3) is 0.500. The summed E-state index contributed by atoms with van der Waals surface area (Å²) in [7, 11) is 0. The number of rotatable bonds is 3. The Morgan fingerprint density at radius 2 is 2.00 bits per heavy atom. The number of ether oxygens (including phenoxy) is 2. The number of amides is 1. The van der Waals surface area contributed by atoms with Gasteiger partial charge in [-0.1, -0.05) is 0 Å². The van der Waals surface area contributed by atoms with E-state index in [0.717, 1.165) is 30.7 Å². The average molecular weight is 262 g/mol. The van der Waals surface area contributed by atoms with Crippen LogP contribution in [-0.2, 0) is 4.79 Å². The summed E-state index contributed by atoms with van der Waals surface area (Å²) in [5.41, 5.74) is 6.04. The van der Waals surface area contributed by atoms with Gasteiger partial charge in [-0.3, -0.25) is 4.79 Å². The summed E-state index contributed by atoms with van der Waals surface area (Å²) >= 11 is 0. The van der Waals surface area contributed by atoms with Gasteiger partial charge in [0, 0.05) is 24.7 Å². The van der Waals surface area contributed by atoms with Gasteiger partial charge in [-0.2, -0.15) is 0 Å². The second kappa shape index (κ2) is 4.74. The number of carbonyl (C=O) groups excluding carboxylic acids is 1. The highest BCUT2D eigenvalue weighted by molar-refractivity contribution is 5.97. The number of nitrogens with two attached hydrogens (primary N) is 1. The molecule has 0 spiro atoms. The van der Waals surface area contributed by atoms with Gasteiger partial charge < -0.3 is 20.5 Å². The largest absolute Gasteiger partial charge is 0.490 e. The Morgan fingerprint density at radius 3 is 2.68 bits per heavy atom. The molecule has 102 valence electrons. The minimum atomic E-state index is -0.343. The van der Waals surface area contributed by atoms with Gasteiger partial charge in [0.25, 0.3) is 0 Å². The van der Waals surface area contributed by atoms with Crippen molar-refractivity contribution < 1.29 is 14.3 Å². The Labute approximate surface area is 112 Å². The van der Waals surface area contributed by atoms with Crippen molar-refractivity contribution in [1.82, 2.24) is 0 Å². The van der Waals surface area contributed by atoms with E-state index in [-0.39, 0.29) is 11.3 Å². The number of benzene rings is 1. The molecule has 5 heteroatoms. The molecule has 1 heterocycles. The van der Waals surface area contributed by atoms with Gasteiger partial charge in [-0.05, 0) is 25.0 Å². The van der Waals surface area contributed by atoms with Crippen LogP contribution in [0.4, 0.5) is 5.69 Å². The van der Waals surface area contributed by atoms with Gasteiger partial charge in [0.1, 0.15) is 0 Å². The number of nitrogens with one attached hydrogen (secondary N) is 1. The number of carbonyl (C=O) groups is 1. The fourth-order valence-corrected chi connectivity index (χ4v) is 2.18. The Balaban J connectivity index is 1.75. The number of hydrogen-bond acceptors (Lipinski definition) is 4. The third-order valence-corrected chi connectivity index (χ3v) is 3.73. The van der Waals surface area contributed by atoms with E-state index in [0.29, 0.717) is 25.5 Å². The summed E-state index contributed by atoms with van der Waals surface area (Å²) in [6.45, 7) is 1.70. The lowest BCUT2D eigenvalue weighted by Gasteiger charge is -2.14. The van der Waals surface area contributed by atoms with E-state index in [1.54, 1.807) is 0 Å². The van der Waals surface area contributed by atoms with Crippen molar-refractivity contribution in [2.24, 2.45) is 11.1 Å². The molecule has 5 nitrogen and oxygen atoms in total. The third-order valence-electron chi connectivity index (χ3n) is 3.73. The third kappa shape index (κ3) is 2.38. The van der Waals surface area contributed by atoms with E-state index >= 15 is 0 Å². The Morgan fingerprint density at radius 1 is 1.26 bits per heavy atom. The lowest BCUT2D eigenvalue weighted by atomic mass is 10.1. The molecule has 19 heavy (non-hydrogen) atoms. The topological polar surface area (TPSA) is 73.6 Å². The molecule has 2 aliphatic rings. The SMILES string of the molecule is NCC1(C(=O)Nc2ccc3c(c2)OCCCO3)CC1.